The van der Waals surface area contributed by atoms with Crippen LogP contribution < -0.4 is 16.0 Å². The minimum absolute atomic E-state index is 0.114. The van der Waals surface area contributed by atoms with Crippen LogP contribution in [0.3, 0.4) is 0 Å². The Morgan fingerprint density at radius 1 is 1.55 bits per heavy atom. The van der Waals surface area contributed by atoms with Gasteiger partial charge in [-0.25, -0.2) is 0 Å². The van der Waals surface area contributed by atoms with Crippen molar-refractivity contribution >= 4 is 11.6 Å². The Kier molecular flexibility index (Phi) is 4.98. The third-order valence-electron chi connectivity index (χ3n) is 3.81. The number of nitrogens with one attached hydrogen (secondary N) is 1. The molecule has 1 aliphatic heterocycles. The lowest BCUT2D eigenvalue weighted by molar-refractivity contribution is 0.0999. The molecule has 0 radical (unpaired) electrons. The van der Waals surface area contributed by atoms with Crippen LogP contribution in [-0.4, -0.2) is 43.3 Å². The first kappa shape index (κ1) is 14.8. The van der Waals surface area contributed by atoms with Crippen molar-refractivity contribution in [3.05, 3.63) is 29.3 Å². The number of benzene rings is 1. The van der Waals surface area contributed by atoms with Gasteiger partial charge in [0.15, 0.2) is 0 Å². The van der Waals surface area contributed by atoms with Gasteiger partial charge in [0.2, 0.25) is 5.91 Å². The highest BCUT2D eigenvalue weighted by atomic mass is 16.3. The number of hydrogen-bond donors (Lipinski definition) is 3. The topological polar surface area (TPSA) is 78.6 Å². The largest absolute Gasteiger partial charge is 0.395 e. The number of carbonyl (C=O) groups excluding carboxylic acids is 1. The normalized spacial score (nSPS) is 18.2. The molecule has 1 aliphatic rings. The number of primary amides is 1. The predicted molar refractivity (Wildman–Crippen MR) is 80.0 cm³/mol. The molecule has 2 rings (SSSR count). The molecule has 5 heteroatoms. The van der Waals surface area contributed by atoms with Crippen molar-refractivity contribution in [2.24, 2.45) is 5.73 Å². The van der Waals surface area contributed by atoms with Crippen LogP contribution in [0.1, 0.15) is 28.8 Å². The maximum absolute atomic E-state index is 11.3. The van der Waals surface area contributed by atoms with E-state index in [9.17, 15) is 9.90 Å². The van der Waals surface area contributed by atoms with Crippen LogP contribution in [0.4, 0.5) is 5.69 Å². The molecule has 5 nitrogen and oxygen atoms in total. The Morgan fingerprint density at radius 3 is 2.90 bits per heavy atom. The summed E-state index contributed by atoms with van der Waals surface area (Å²) in [5.74, 6) is -0.403. The number of amides is 1. The molecule has 1 fully saturated rings. The molecular formula is C15H23N3O2. The average Bonchev–Trinajstić information content (AvgIpc) is 2.90. The minimum atomic E-state index is -0.403. The van der Waals surface area contributed by atoms with E-state index >= 15 is 0 Å². The molecule has 1 aromatic carbocycles. The summed E-state index contributed by atoms with van der Waals surface area (Å²) in [5.41, 5.74) is 7.78. The minimum Gasteiger partial charge on any atom is -0.395 e. The molecule has 1 heterocycles. The van der Waals surface area contributed by atoms with Crippen LogP contribution in [-0.2, 0) is 0 Å². The van der Waals surface area contributed by atoms with Gasteiger partial charge in [-0.15, -0.1) is 0 Å². The molecule has 0 spiro atoms. The van der Waals surface area contributed by atoms with Gasteiger partial charge in [-0.3, -0.25) is 4.79 Å². The number of nitrogens with zero attached hydrogens (tertiary/aromatic N) is 1. The summed E-state index contributed by atoms with van der Waals surface area (Å²) in [7, 11) is 0. The van der Waals surface area contributed by atoms with E-state index in [1.807, 2.05) is 19.1 Å². The van der Waals surface area contributed by atoms with Crippen LogP contribution in [0, 0.1) is 6.92 Å². The van der Waals surface area contributed by atoms with Crippen molar-refractivity contribution in [3.63, 3.8) is 0 Å². The number of aliphatic hydroxyl groups excluding tert-OH is 1. The summed E-state index contributed by atoms with van der Waals surface area (Å²) in [4.78, 5) is 13.4. The third-order valence-corrected chi connectivity index (χ3v) is 3.81. The average molecular weight is 277 g/mol. The quantitative estimate of drug-likeness (QED) is 0.713. The maximum Gasteiger partial charge on any atom is 0.248 e. The first-order chi connectivity index (χ1) is 9.61. The molecule has 4 N–H and O–H groups in total. The molecule has 1 amide bonds. The molecule has 1 atom stereocenters. The molecule has 1 unspecified atom stereocenters. The van der Waals surface area contributed by atoms with Crippen molar-refractivity contribution in [1.82, 2.24) is 5.32 Å². The van der Waals surface area contributed by atoms with Gasteiger partial charge in [0.1, 0.15) is 0 Å². The maximum atomic E-state index is 11.3. The second-order valence-electron chi connectivity index (χ2n) is 5.33. The van der Waals surface area contributed by atoms with Crippen molar-refractivity contribution in [2.75, 3.05) is 31.1 Å². The van der Waals surface area contributed by atoms with Gasteiger partial charge < -0.3 is 21.1 Å². The number of hydrogen-bond acceptors (Lipinski definition) is 4. The Balaban J connectivity index is 2.15. The zero-order valence-corrected chi connectivity index (χ0v) is 11.9. The molecule has 1 saturated heterocycles. The fourth-order valence-corrected chi connectivity index (χ4v) is 2.75. The van der Waals surface area contributed by atoms with E-state index in [0.29, 0.717) is 18.2 Å². The van der Waals surface area contributed by atoms with Crippen LogP contribution >= 0.6 is 0 Å². The number of anilines is 1. The van der Waals surface area contributed by atoms with Gasteiger partial charge in [-0.05, 0) is 50.1 Å². The van der Waals surface area contributed by atoms with Crippen molar-refractivity contribution in [1.29, 1.82) is 0 Å². The van der Waals surface area contributed by atoms with Crippen LogP contribution in [0.2, 0.25) is 0 Å². The lowest BCUT2D eigenvalue weighted by Gasteiger charge is -2.27. The predicted octanol–water partition coefficient (Wildman–Crippen LogP) is 0.645. The molecule has 1 aromatic rings. The zero-order valence-electron chi connectivity index (χ0n) is 11.9. The van der Waals surface area contributed by atoms with Crippen LogP contribution in [0.15, 0.2) is 18.2 Å². The van der Waals surface area contributed by atoms with E-state index in [4.69, 9.17) is 5.73 Å². The van der Waals surface area contributed by atoms with Gasteiger partial charge in [0.25, 0.3) is 0 Å². The molecule has 0 aromatic heterocycles. The lowest BCUT2D eigenvalue weighted by atomic mass is 10.1. The van der Waals surface area contributed by atoms with Crippen molar-refractivity contribution in [3.8, 4) is 0 Å². The van der Waals surface area contributed by atoms with E-state index in [1.54, 1.807) is 6.07 Å². The number of rotatable bonds is 6. The monoisotopic (exact) mass is 277 g/mol. The first-order valence-electron chi connectivity index (χ1n) is 7.11. The highest BCUT2D eigenvalue weighted by Crippen LogP contribution is 2.20. The Labute approximate surface area is 119 Å². The summed E-state index contributed by atoms with van der Waals surface area (Å²) in [6.45, 7) is 4.53. The fraction of sp³-hybridized carbons (Fsp3) is 0.533. The standard InChI is InChI=1S/C15H23N3O2/c1-11-9-13(4-5-14(11)15(16)20)18(7-8-19)10-12-3-2-6-17-12/h4-5,9,12,17,19H,2-3,6-8,10H2,1H3,(H2,16,20). The van der Waals surface area contributed by atoms with E-state index < -0.39 is 5.91 Å². The number of aryl methyl sites for hydroxylation is 1. The second kappa shape index (κ2) is 6.72. The van der Waals surface area contributed by atoms with Gasteiger partial charge >= 0.3 is 0 Å². The van der Waals surface area contributed by atoms with Gasteiger partial charge in [0.05, 0.1) is 6.61 Å². The second-order valence-corrected chi connectivity index (χ2v) is 5.33. The summed E-state index contributed by atoms with van der Waals surface area (Å²) in [5, 5.41) is 12.7. The number of carbonyl (C=O) groups is 1. The Hall–Kier alpha value is -1.59. The summed E-state index contributed by atoms with van der Waals surface area (Å²) in [6, 6.07) is 6.10. The van der Waals surface area contributed by atoms with Crippen LogP contribution in [0.25, 0.3) is 0 Å². The number of nitrogens with two attached hydrogens (primary N) is 1. The Morgan fingerprint density at radius 2 is 2.35 bits per heavy atom. The first-order valence-corrected chi connectivity index (χ1v) is 7.11. The lowest BCUT2D eigenvalue weighted by Crippen LogP contribution is -2.39. The molecule has 0 aliphatic carbocycles. The third kappa shape index (κ3) is 3.49. The van der Waals surface area contributed by atoms with Crippen molar-refractivity contribution < 1.29 is 9.90 Å². The van der Waals surface area contributed by atoms with E-state index in [1.165, 1.54) is 12.8 Å². The summed E-state index contributed by atoms with van der Waals surface area (Å²) >= 11 is 0. The zero-order chi connectivity index (χ0) is 14.5. The molecular weight excluding hydrogens is 254 g/mol. The molecule has 0 saturated carbocycles. The van der Waals surface area contributed by atoms with Gasteiger partial charge in [-0.2, -0.15) is 0 Å². The summed E-state index contributed by atoms with van der Waals surface area (Å²) in [6.07, 6.45) is 2.37. The molecule has 110 valence electrons. The number of aliphatic hydroxyl groups is 1. The van der Waals surface area contributed by atoms with Crippen molar-refractivity contribution in [2.45, 2.75) is 25.8 Å². The smallest absolute Gasteiger partial charge is 0.248 e. The van der Waals surface area contributed by atoms with E-state index in [-0.39, 0.29) is 6.61 Å². The highest BCUT2D eigenvalue weighted by Gasteiger charge is 2.18. The Bertz CT molecular complexity index is 470. The van der Waals surface area contributed by atoms with E-state index in [0.717, 1.165) is 24.3 Å². The fourth-order valence-electron chi connectivity index (χ4n) is 2.75. The molecule has 20 heavy (non-hydrogen) atoms. The SMILES string of the molecule is Cc1cc(N(CCO)CC2CCCN2)ccc1C(N)=O. The summed E-state index contributed by atoms with van der Waals surface area (Å²) < 4.78 is 0. The van der Waals surface area contributed by atoms with Crippen LogP contribution in [0.5, 0.6) is 0 Å². The van der Waals surface area contributed by atoms with Gasteiger partial charge in [-0.1, -0.05) is 0 Å². The highest BCUT2D eigenvalue weighted by molar-refractivity contribution is 5.94. The van der Waals surface area contributed by atoms with E-state index in [2.05, 4.69) is 10.2 Å². The van der Waals surface area contributed by atoms with Gasteiger partial charge in [0, 0.05) is 30.4 Å². The molecule has 0 bridgehead atoms.